The van der Waals surface area contributed by atoms with Crippen LogP contribution in [0.4, 0.5) is 0 Å². The number of hydrogen-bond acceptors (Lipinski definition) is 1. The summed E-state index contributed by atoms with van der Waals surface area (Å²) in [4.78, 5) is 0. The van der Waals surface area contributed by atoms with Crippen molar-refractivity contribution in [3.63, 3.8) is 0 Å². The van der Waals surface area contributed by atoms with Crippen molar-refractivity contribution in [2.24, 2.45) is 11.8 Å². The van der Waals surface area contributed by atoms with E-state index in [1.54, 1.807) is 0 Å². The minimum absolute atomic E-state index is 0.0954. The lowest BCUT2D eigenvalue weighted by atomic mass is 9.76. The maximum Gasteiger partial charge on any atom is 0.0727 e. The van der Waals surface area contributed by atoms with Gasteiger partial charge in [0.2, 0.25) is 0 Å². The molecule has 1 heteroatoms. The molecule has 0 rings (SSSR count). The van der Waals surface area contributed by atoms with E-state index < -0.39 is 0 Å². The molecular weight excluding hydrogens is 232 g/mol. The molecule has 0 saturated carbocycles. The molecule has 0 radical (unpaired) electrons. The van der Waals surface area contributed by atoms with Crippen LogP contribution in [0.5, 0.6) is 0 Å². The van der Waals surface area contributed by atoms with E-state index in [0.29, 0.717) is 11.8 Å². The Morgan fingerprint density at radius 1 is 0.737 bits per heavy atom. The fraction of sp³-hybridized carbons (Fsp3) is 1.00. The van der Waals surface area contributed by atoms with Gasteiger partial charge >= 0.3 is 0 Å². The van der Waals surface area contributed by atoms with Crippen molar-refractivity contribution in [2.45, 2.75) is 98.5 Å². The Hall–Kier alpha value is -0.0400. The van der Waals surface area contributed by atoms with Gasteiger partial charge in [0.05, 0.1) is 5.60 Å². The summed E-state index contributed by atoms with van der Waals surface area (Å²) in [6, 6.07) is 0. The van der Waals surface area contributed by atoms with Gasteiger partial charge in [-0.1, -0.05) is 79.6 Å². The Morgan fingerprint density at radius 3 is 1.63 bits per heavy atom. The topological polar surface area (TPSA) is 9.23 Å². The van der Waals surface area contributed by atoms with Crippen LogP contribution < -0.4 is 0 Å². The van der Waals surface area contributed by atoms with Gasteiger partial charge in [0.1, 0.15) is 0 Å². The van der Waals surface area contributed by atoms with E-state index in [-0.39, 0.29) is 5.60 Å². The molecule has 0 aromatic heterocycles. The summed E-state index contributed by atoms with van der Waals surface area (Å²) in [5.74, 6) is 1.21. The van der Waals surface area contributed by atoms with Gasteiger partial charge < -0.3 is 4.74 Å². The predicted octanol–water partition coefficient (Wildman–Crippen LogP) is 6.21. The lowest BCUT2D eigenvalue weighted by Gasteiger charge is -2.41. The van der Waals surface area contributed by atoms with Crippen LogP contribution in [0.25, 0.3) is 0 Å². The highest BCUT2D eigenvalue weighted by molar-refractivity contribution is 4.87. The quantitative estimate of drug-likeness (QED) is 0.383. The Kier molecular flexibility index (Phi) is 10.7. The summed E-state index contributed by atoms with van der Waals surface area (Å²) in [5, 5.41) is 0. The zero-order valence-corrected chi connectivity index (χ0v) is 14.4. The Balaban J connectivity index is 4.06. The van der Waals surface area contributed by atoms with Gasteiger partial charge in [-0.2, -0.15) is 0 Å². The molecule has 0 spiro atoms. The third-order valence-corrected chi connectivity index (χ3v) is 4.54. The number of rotatable bonds is 12. The van der Waals surface area contributed by atoms with E-state index in [4.69, 9.17) is 4.74 Å². The first kappa shape index (κ1) is 19.0. The van der Waals surface area contributed by atoms with Crippen LogP contribution in [0.15, 0.2) is 0 Å². The van der Waals surface area contributed by atoms with Crippen LogP contribution in [0.3, 0.4) is 0 Å². The molecule has 0 heterocycles. The average Bonchev–Trinajstić information content (AvgIpc) is 2.35. The Bertz CT molecular complexity index is 188. The normalized spacial score (nSPS) is 12.6. The van der Waals surface area contributed by atoms with Crippen LogP contribution in [0.2, 0.25) is 0 Å². The molecule has 0 aliphatic carbocycles. The van der Waals surface area contributed by atoms with Gasteiger partial charge in [-0.3, -0.25) is 0 Å². The molecule has 0 aromatic rings. The molecule has 0 saturated heterocycles. The minimum Gasteiger partial charge on any atom is -0.375 e. The number of ether oxygens (including phenoxy) is 1. The molecule has 19 heavy (non-hydrogen) atoms. The van der Waals surface area contributed by atoms with E-state index in [9.17, 15) is 0 Å². The monoisotopic (exact) mass is 270 g/mol. The van der Waals surface area contributed by atoms with Crippen LogP contribution in [0, 0.1) is 11.8 Å². The Labute approximate surface area is 122 Å². The third-order valence-electron chi connectivity index (χ3n) is 4.54. The first-order chi connectivity index (χ1) is 9.01. The highest BCUT2D eigenvalue weighted by Crippen LogP contribution is 2.35. The van der Waals surface area contributed by atoms with Gasteiger partial charge in [0, 0.05) is 6.61 Å². The second kappa shape index (κ2) is 10.7. The molecule has 0 bridgehead atoms. The van der Waals surface area contributed by atoms with Gasteiger partial charge in [0.15, 0.2) is 0 Å². The molecule has 0 aliphatic rings. The Morgan fingerprint density at radius 2 is 1.21 bits per heavy atom. The summed E-state index contributed by atoms with van der Waals surface area (Å²) in [6.45, 7) is 14.5. The van der Waals surface area contributed by atoms with E-state index in [1.165, 1.54) is 51.4 Å². The molecule has 0 fully saturated rings. The first-order valence-electron chi connectivity index (χ1n) is 8.65. The highest BCUT2D eigenvalue weighted by Gasteiger charge is 2.37. The molecule has 0 amide bonds. The summed E-state index contributed by atoms with van der Waals surface area (Å²) in [7, 11) is 0. The van der Waals surface area contributed by atoms with Crippen LogP contribution in [-0.4, -0.2) is 12.2 Å². The van der Waals surface area contributed by atoms with Crippen molar-refractivity contribution < 1.29 is 4.74 Å². The second-order valence-corrected chi connectivity index (χ2v) is 6.57. The molecule has 0 aromatic carbocycles. The van der Waals surface area contributed by atoms with Gasteiger partial charge in [-0.05, 0) is 25.2 Å². The molecule has 0 unspecified atom stereocenters. The van der Waals surface area contributed by atoms with Crippen molar-refractivity contribution in [3.05, 3.63) is 0 Å². The maximum absolute atomic E-state index is 6.20. The van der Waals surface area contributed by atoms with Crippen LogP contribution >= 0.6 is 0 Å². The summed E-state index contributed by atoms with van der Waals surface area (Å²) in [5.41, 5.74) is 0.0954. The van der Waals surface area contributed by atoms with Gasteiger partial charge in [0.25, 0.3) is 0 Å². The van der Waals surface area contributed by atoms with Crippen molar-refractivity contribution in [2.75, 3.05) is 6.61 Å². The second-order valence-electron chi connectivity index (χ2n) is 6.57. The average molecular weight is 271 g/mol. The third kappa shape index (κ3) is 6.79. The van der Waals surface area contributed by atoms with Crippen molar-refractivity contribution in [1.82, 2.24) is 0 Å². The van der Waals surface area contributed by atoms with Crippen molar-refractivity contribution in [3.8, 4) is 0 Å². The zero-order valence-electron chi connectivity index (χ0n) is 14.4. The highest BCUT2D eigenvalue weighted by atomic mass is 16.5. The fourth-order valence-electron chi connectivity index (χ4n) is 3.28. The fourth-order valence-corrected chi connectivity index (χ4v) is 3.28. The van der Waals surface area contributed by atoms with Crippen molar-refractivity contribution in [1.29, 1.82) is 0 Å². The molecule has 116 valence electrons. The zero-order chi connectivity index (χ0) is 14.7. The largest absolute Gasteiger partial charge is 0.375 e. The van der Waals surface area contributed by atoms with Gasteiger partial charge in [-0.25, -0.2) is 0 Å². The van der Waals surface area contributed by atoms with Crippen molar-refractivity contribution >= 4 is 0 Å². The van der Waals surface area contributed by atoms with Gasteiger partial charge in [-0.15, -0.1) is 0 Å². The molecular formula is C18H38O. The smallest absolute Gasteiger partial charge is 0.0727 e. The lowest BCUT2D eigenvalue weighted by molar-refractivity contribution is -0.112. The summed E-state index contributed by atoms with van der Waals surface area (Å²) in [6.07, 6.45) is 10.9. The summed E-state index contributed by atoms with van der Waals surface area (Å²) >= 11 is 0. The minimum atomic E-state index is 0.0954. The molecule has 0 N–H and O–H groups in total. The first-order valence-corrected chi connectivity index (χ1v) is 8.65. The summed E-state index contributed by atoms with van der Waals surface area (Å²) < 4.78 is 6.20. The number of hydrogen-bond donors (Lipinski definition) is 0. The van der Waals surface area contributed by atoms with E-state index in [2.05, 4.69) is 41.5 Å². The SMILES string of the molecule is CCCCCCCCCC(OCC)(C(C)C)C(C)C. The van der Waals surface area contributed by atoms with E-state index >= 15 is 0 Å². The number of unbranched alkanes of at least 4 members (excludes halogenated alkanes) is 6. The molecule has 1 nitrogen and oxygen atoms in total. The lowest BCUT2D eigenvalue weighted by Crippen LogP contribution is -2.43. The maximum atomic E-state index is 6.20. The molecule has 0 aliphatic heterocycles. The van der Waals surface area contributed by atoms with Crippen LogP contribution in [-0.2, 0) is 4.74 Å². The van der Waals surface area contributed by atoms with Crippen LogP contribution in [0.1, 0.15) is 92.9 Å². The standard InChI is InChI=1S/C18H38O/c1-7-9-10-11-12-13-14-15-18(16(3)4,17(5)6)19-8-2/h16-17H,7-15H2,1-6H3. The molecule has 0 atom stereocenters. The van der Waals surface area contributed by atoms with E-state index in [1.807, 2.05) is 0 Å². The predicted molar refractivity (Wildman–Crippen MR) is 86.6 cm³/mol. The van der Waals surface area contributed by atoms with E-state index in [0.717, 1.165) is 6.61 Å².